The van der Waals surface area contributed by atoms with Crippen molar-refractivity contribution in [2.24, 2.45) is 0 Å². The number of furan rings is 1. The van der Waals surface area contributed by atoms with Crippen LogP contribution in [0.25, 0.3) is 11.6 Å². The summed E-state index contributed by atoms with van der Waals surface area (Å²) in [5, 5.41) is 10.6. The molecule has 1 amide bonds. The highest BCUT2D eigenvalue weighted by molar-refractivity contribution is 5.75. The van der Waals surface area contributed by atoms with Crippen molar-refractivity contribution in [2.75, 3.05) is 0 Å². The van der Waals surface area contributed by atoms with Crippen LogP contribution in [0.1, 0.15) is 35.7 Å². The van der Waals surface area contributed by atoms with Crippen LogP contribution in [0.5, 0.6) is 0 Å². The van der Waals surface area contributed by atoms with E-state index in [9.17, 15) is 4.79 Å². The number of amides is 1. The topological polar surface area (TPSA) is 107 Å². The van der Waals surface area contributed by atoms with Crippen LogP contribution in [-0.2, 0) is 17.8 Å². The molecule has 0 aliphatic heterocycles. The van der Waals surface area contributed by atoms with Gasteiger partial charge in [0.2, 0.25) is 17.6 Å². The third-order valence-corrected chi connectivity index (χ3v) is 3.65. The van der Waals surface area contributed by atoms with E-state index in [4.69, 9.17) is 13.5 Å². The number of hydrogen-bond donors (Lipinski definition) is 1. The average molecular weight is 330 g/mol. The summed E-state index contributed by atoms with van der Waals surface area (Å²) in [6.45, 7) is 4.10. The maximum absolute atomic E-state index is 11.9. The lowest BCUT2D eigenvalue weighted by Gasteiger charge is -2.04. The van der Waals surface area contributed by atoms with E-state index >= 15 is 0 Å². The molecule has 3 heterocycles. The lowest BCUT2D eigenvalue weighted by atomic mass is 10.2. The van der Waals surface area contributed by atoms with Gasteiger partial charge < -0.3 is 18.8 Å². The minimum absolute atomic E-state index is 0.0410. The fraction of sp³-hybridized carbons (Fsp3) is 0.375. The smallest absolute Gasteiger partial charge is 0.238 e. The molecule has 1 N–H and O–H groups in total. The molecular weight excluding hydrogens is 312 g/mol. The second kappa shape index (κ2) is 7.12. The normalized spacial score (nSPS) is 10.9. The Kier molecular flexibility index (Phi) is 4.74. The number of carbonyl (C=O) groups is 1. The highest BCUT2D eigenvalue weighted by Gasteiger charge is 2.12. The number of aryl methyl sites for hydroxylation is 3. The molecule has 3 aromatic rings. The first-order chi connectivity index (χ1) is 11.6. The average Bonchev–Trinajstić information content (AvgIpc) is 3.28. The van der Waals surface area contributed by atoms with Crippen molar-refractivity contribution in [3.8, 4) is 11.6 Å². The molecule has 3 rings (SSSR count). The fourth-order valence-corrected chi connectivity index (χ4v) is 2.29. The first-order valence-corrected chi connectivity index (χ1v) is 7.68. The minimum atomic E-state index is -0.0410. The van der Waals surface area contributed by atoms with Gasteiger partial charge in [0.15, 0.2) is 5.76 Å². The van der Waals surface area contributed by atoms with Crippen LogP contribution in [0.15, 0.2) is 31.9 Å². The molecule has 0 bridgehead atoms. The standard InChI is InChI=1S/C16H18N4O4/c1-10-12(11(2)23-19-10)9-17-14(21)6-3-7-15-18-16(20-24-15)13-5-4-8-22-13/h4-5,8H,3,6-7,9H2,1-2H3,(H,17,21). The summed E-state index contributed by atoms with van der Waals surface area (Å²) in [5.41, 5.74) is 1.72. The molecule has 8 heteroatoms. The van der Waals surface area contributed by atoms with Crippen molar-refractivity contribution in [2.45, 2.75) is 39.7 Å². The van der Waals surface area contributed by atoms with E-state index < -0.39 is 0 Å². The summed E-state index contributed by atoms with van der Waals surface area (Å²) in [6, 6.07) is 3.52. The number of rotatable bonds is 7. The SMILES string of the molecule is Cc1noc(C)c1CNC(=O)CCCc1nc(-c2ccco2)no1. The van der Waals surface area contributed by atoms with Crippen molar-refractivity contribution in [1.82, 2.24) is 20.6 Å². The Morgan fingerprint density at radius 2 is 2.12 bits per heavy atom. The van der Waals surface area contributed by atoms with Gasteiger partial charge >= 0.3 is 0 Å². The first-order valence-electron chi connectivity index (χ1n) is 7.68. The molecule has 0 spiro atoms. The minimum Gasteiger partial charge on any atom is -0.461 e. The lowest BCUT2D eigenvalue weighted by molar-refractivity contribution is -0.121. The molecule has 3 aromatic heterocycles. The van der Waals surface area contributed by atoms with E-state index in [1.165, 1.54) is 0 Å². The predicted octanol–water partition coefficient (Wildman–Crippen LogP) is 2.57. The zero-order valence-electron chi connectivity index (χ0n) is 13.5. The highest BCUT2D eigenvalue weighted by atomic mass is 16.5. The Balaban J connectivity index is 1.42. The van der Waals surface area contributed by atoms with Crippen LogP contribution < -0.4 is 5.32 Å². The molecule has 0 aromatic carbocycles. The Morgan fingerprint density at radius 3 is 2.83 bits per heavy atom. The van der Waals surface area contributed by atoms with Crippen LogP contribution in [0.2, 0.25) is 0 Å². The van der Waals surface area contributed by atoms with Crippen molar-refractivity contribution in [3.63, 3.8) is 0 Å². The molecule has 0 unspecified atom stereocenters. The zero-order valence-corrected chi connectivity index (χ0v) is 13.5. The van der Waals surface area contributed by atoms with E-state index in [2.05, 4.69) is 20.6 Å². The van der Waals surface area contributed by atoms with Gasteiger partial charge in [-0.05, 0) is 32.4 Å². The monoisotopic (exact) mass is 330 g/mol. The second-order valence-electron chi connectivity index (χ2n) is 5.42. The van der Waals surface area contributed by atoms with Crippen LogP contribution in [0.3, 0.4) is 0 Å². The van der Waals surface area contributed by atoms with Crippen molar-refractivity contribution < 1.29 is 18.3 Å². The van der Waals surface area contributed by atoms with Gasteiger partial charge in [-0.25, -0.2) is 0 Å². The maximum Gasteiger partial charge on any atom is 0.238 e. The van der Waals surface area contributed by atoms with Gasteiger partial charge in [-0.1, -0.05) is 10.3 Å². The summed E-state index contributed by atoms with van der Waals surface area (Å²) < 4.78 is 15.4. The maximum atomic E-state index is 11.9. The van der Waals surface area contributed by atoms with Crippen LogP contribution >= 0.6 is 0 Å². The van der Waals surface area contributed by atoms with Crippen LogP contribution in [0.4, 0.5) is 0 Å². The molecule has 0 fully saturated rings. The van der Waals surface area contributed by atoms with E-state index in [-0.39, 0.29) is 5.91 Å². The molecule has 126 valence electrons. The second-order valence-corrected chi connectivity index (χ2v) is 5.42. The third-order valence-electron chi connectivity index (χ3n) is 3.65. The zero-order chi connectivity index (χ0) is 16.9. The van der Waals surface area contributed by atoms with E-state index in [0.717, 1.165) is 17.0 Å². The molecule has 0 radical (unpaired) electrons. The van der Waals surface area contributed by atoms with Gasteiger partial charge in [-0.2, -0.15) is 4.98 Å². The Morgan fingerprint density at radius 1 is 1.25 bits per heavy atom. The Labute approximate surface area is 138 Å². The van der Waals surface area contributed by atoms with E-state index in [0.29, 0.717) is 43.3 Å². The Bertz CT molecular complexity index is 785. The highest BCUT2D eigenvalue weighted by Crippen LogP contribution is 2.16. The number of aromatic nitrogens is 3. The summed E-state index contributed by atoms with van der Waals surface area (Å²) in [6.07, 6.45) is 3.08. The van der Waals surface area contributed by atoms with Gasteiger partial charge in [-0.3, -0.25) is 4.79 Å². The van der Waals surface area contributed by atoms with Gasteiger partial charge in [0, 0.05) is 24.9 Å². The van der Waals surface area contributed by atoms with Crippen molar-refractivity contribution in [1.29, 1.82) is 0 Å². The molecule has 0 saturated carbocycles. The van der Waals surface area contributed by atoms with Gasteiger partial charge in [-0.15, -0.1) is 0 Å². The number of nitrogens with one attached hydrogen (secondary N) is 1. The molecule has 0 aliphatic carbocycles. The fourth-order valence-electron chi connectivity index (χ4n) is 2.29. The summed E-state index contributed by atoms with van der Waals surface area (Å²) in [4.78, 5) is 16.1. The molecule has 0 aliphatic rings. The van der Waals surface area contributed by atoms with Crippen molar-refractivity contribution >= 4 is 5.91 Å². The molecule has 24 heavy (non-hydrogen) atoms. The van der Waals surface area contributed by atoms with Crippen molar-refractivity contribution in [3.05, 3.63) is 41.3 Å². The molecule has 0 atom stereocenters. The van der Waals surface area contributed by atoms with E-state index in [1.54, 1.807) is 18.4 Å². The first kappa shape index (κ1) is 16.0. The molecule has 0 saturated heterocycles. The molecule has 8 nitrogen and oxygen atoms in total. The quantitative estimate of drug-likeness (QED) is 0.709. The number of hydrogen-bond acceptors (Lipinski definition) is 7. The Hall–Kier alpha value is -2.90. The number of nitrogens with zero attached hydrogens (tertiary/aromatic N) is 3. The number of carbonyl (C=O) groups excluding carboxylic acids is 1. The summed E-state index contributed by atoms with van der Waals surface area (Å²) >= 11 is 0. The van der Waals surface area contributed by atoms with Gasteiger partial charge in [0.05, 0.1) is 12.0 Å². The summed E-state index contributed by atoms with van der Waals surface area (Å²) in [5.74, 6) is 2.14. The largest absolute Gasteiger partial charge is 0.461 e. The van der Waals surface area contributed by atoms with Crippen LogP contribution in [-0.4, -0.2) is 21.2 Å². The van der Waals surface area contributed by atoms with Crippen LogP contribution in [0, 0.1) is 13.8 Å². The third kappa shape index (κ3) is 3.70. The van der Waals surface area contributed by atoms with E-state index in [1.807, 2.05) is 13.8 Å². The lowest BCUT2D eigenvalue weighted by Crippen LogP contribution is -2.23. The van der Waals surface area contributed by atoms with Gasteiger partial charge in [0.25, 0.3) is 0 Å². The summed E-state index contributed by atoms with van der Waals surface area (Å²) in [7, 11) is 0. The van der Waals surface area contributed by atoms with Gasteiger partial charge in [0.1, 0.15) is 5.76 Å². The predicted molar refractivity (Wildman–Crippen MR) is 82.8 cm³/mol. The molecular formula is C16H18N4O4.